The third-order valence-corrected chi connectivity index (χ3v) is 5.25. The summed E-state index contributed by atoms with van der Waals surface area (Å²) in [4.78, 5) is 23.6. The van der Waals surface area contributed by atoms with Crippen LogP contribution in [-0.4, -0.2) is 48.1 Å². The summed E-state index contributed by atoms with van der Waals surface area (Å²) in [6.45, 7) is 4.10. The van der Waals surface area contributed by atoms with Crippen molar-refractivity contribution in [3.63, 3.8) is 0 Å². The van der Waals surface area contributed by atoms with Gasteiger partial charge in [0.1, 0.15) is 11.6 Å². The molecule has 2 saturated heterocycles. The molecule has 2 aliphatic heterocycles. The van der Waals surface area contributed by atoms with Crippen molar-refractivity contribution in [3.05, 3.63) is 34.4 Å². The summed E-state index contributed by atoms with van der Waals surface area (Å²) < 4.78 is 0. The van der Waals surface area contributed by atoms with Crippen LogP contribution in [0.15, 0.2) is 23.3 Å². The molecule has 2 aromatic heterocycles. The molecule has 23 heavy (non-hydrogen) atoms. The van der Waals surface area contributed by atoms with Gasteiger partial charge in [0.15, 0.2) is 0 Å². The Labute approximate surface area is 134 Å². The lowest BCUT2D eigenvalue weighted by Gasteiger charge is -2.53. The number of rotatable bonds is 1. The number of piperidine rings is 1. The predicted molar refractivity (Wildman–Crippen MR) is 88.5 cm³/mol. The van der Waals surface area contributed by atoms with Crippen LogP contribution in [-0.2, 0) is 0 Å². The molecule has 0 saturated carbocycles. The fraction of sp³-hybridized carbons (Fsp3) is 0.471. The van der Waals surface area contributed by atoms with Crippen LogP contribution < -0.4 is 10.5 Å². The molecule has 2 aliphatic rings. The van der Waals surface area contributed by atoms with Crippen LogP contribution in [0.1, 0.15) is 18.4 Å². The zero-order valence-electron chi connectivity index (χ0n) is 13.2. The van der Waals surface area contributed by atoms with Gasteiger partial charge in [-0.15, -0.1) is 0 Å². The van der Waals surface area contributed by atoms with Gasteiger partial charge in [-0.2, -0.15) is 5.26 Å². The summed E-state index contributed by atoms with van der Waals surface area (Å²) >= 11 is 0. The number of hydrogen-bond acceptors (Lipinski definition) is 5. The van der Waals surface area contributed by atoms with E-state index in [0.717, 1.165) is 50.1 Å². The Balaban J connectivity index is 1.74. The van der Waals surface area contributed by atoms with Gasteiger partial charge in [-0.3, -0.25) is 9.78 Å². The molecule has 2 aromatic rings. The second kappa shape index (κ2) is 5.07. The Morgan fingerprint density at radius 2 is 2.09 bits per heavy atom. The first-order valence-electron chi connectivity index (χ1n) is 7.95. The Morgan fingerprint density at radius 3 is 2.74 bits per heavy atom. The number of hydrogen-bond donors (Lipinski definition) is 1. The van der Waals surface area contributed by atoms with Gasteiger partial charge in [0.2, 0.25) is 0 Å². The van der Waals surface area contributed by atoms with Crippen molar-refractivity contribution >= 4 is 16.6 Å². The van der Waals surface area contributed by atoms with Gasteiger partial charge in [-0.25, -0.2) is 0 Å². The number of aromatic amines is 1. The first kappa shape index (κ1) is 14.2. The lowest BCUT2D eigenvalue weighted by atomic mass is 9.72. The van der Waals surface area contributed by atoms with Gasteiger partial charge in [0.25, 0.3) is 5.56 Å². The van der Waals surface area contributed by atoms with E-state index in [-0.39, 0.29) is 11.1 Å². The number of nitrogens with one attached hydrogen (secondary N) is 1. The van der Waals surface area contributed by atoms with Crippen molar-refractivity contribution in [2.45, 2.75) is 12.8 Å². The SMILES string of the molecule is CN1CC2(CCN(c3c(C#N)c(=O)[nH]c4cnccc34)CC2)C1. The Hall–Kier alpha value is -2.39. The van der Waals surface area contributed by atoms with Crippen molar-refractivity contribution in [3.8, 4) is 6.07 Å². The smallest absolute Gasteiger partial charge is 0.268 e. The highest BCUT2D eigenvalue weighted by molar-refractivity contribution is 5.93. The average molecular weight is 309 g/mol. The fourth-order valence-corrected chi connectivity index (χ4v) is 4.18. The zero-order chi connectivity index (χ0) is 16.0. The van der Waals surface area contributed by atoms with Crippen LogP contribution in [0, 0.1) is 16.7 Å². The van der Waals surface area contributed by atoms with Crippen molar-refractivity contribution in [2.24, 2.45) is 5.41 Å². The van der Waals surface area contributed by atoms with E-state index >= 15 is 0 Å². The van der Waals surface area contributed by atoms with E-state index in [1.807, 2.05) is 6.07 Å². The standard InChI is InChI=1S/C17H19N5O/c1-21-10-17(11-21)3-6-22(7-4-17)15-12-2-5-19-9-14(12)20-16(23)13(15)8-18/h2,5,9H,3-4,6-7,10-11H2,1H3,(H,20,23). The molecule has 4 heterocycles. The molecule has 6 nitrogen and oxygen atoms in total. The van der Waals surface area contributed by atoms with Gasteiger partial charge in [-0.1, -0.05) is 0 Å². The number of nitriles is 1. The number of nitrogens with zero attached hydrogens (tertiary/aromatic N) is 4. The third kappa shape index (κ3) is 2.20. The summed E-state index contributed by atoms with van der Waals surface area (Å²) in [7, 11) is 2.16. The molecule has 0 aliphatic carbocycles. The molecule has 1 N–H and O–H groups in total. The minimum Gasteiger partial charge on any atom is -0.370 e. The Bertz CT molecular complexity index is 849. The van der Waals surface area contributed by atoms with E-state index < -0.39 is 0 Å². The van der Waals surface area contributed by atoms with Gasteiger partial charge in [0, 0.05) is 37.8 Å². The summed E-state index contributed by atoms with van der Waals surface area (Å²) in [6, 6.07) is 3.97. The molecule has 0 amide bonds. The molecule has 2 fully saturated rings. The maximum Gasteiger partial charge on any atom is 0.268 e. The lowest BCUT2D eigenvalue weighted by Crippen LogP contribution is -2.58. The van der Waals surface area contributed by atoms with Crippen molar-refractivity contribution in [2.75, 3.05) is 38.1 Å². The fourth-order valence-electron chi connectivity index (χ4n) is 4.18. The number of H-pyrrole nitrogens is 1. The average Bonchev–Trinajstić information content (AvgIpc) is 2.53. The monoisotopic (exact) mass is 309 g/mol. The van der Waals surface area contributed by atoms with Crippen LogP contribution in [0.4, 0.5) is 5.69 Å². The second-order valence-electron chi connectivity index (χ2n) is 6.87. The van der Waals surface area contributed by atoms with Crippen LogP contribution in [0.3, 0.4) is 0 Å². The molecule has 0 unspecified atom stereocenters. The molecule has 1 spiro atoms. The molecule has 0 bridgehead atoms. The van der Waals surface area contributed by atoms with Gasteiger partial charge in [-0.05, 0) is 31.4 Å². The second-order valence-corrected chi connectivity index (χ2v) is 6.87. The van der Waals surface area contributed by atoms with Crippen molar-refractivity contribution in [1.29, 1.82) is 5.26 Å². The van der Waals surface area contributed by atoms with Crippen LogP contribution >= 0.6 is 0 Å². The van der Waals surface area contributed by atoms with E-state index in [1.165, 1.54) is 0 Å². The molecule has 0 radical (unpaired) electrons. The minimum absolute atomic E-state index is 0.213. The molecule has 118 valence electrons. The number of fused-ring (bicyclic) bond motifs is 1. The molecular weight excluding hydrogens is 290 g/mol. The largest absolute Gasteiger partial charge is 0.370 e. The molecule has 6 heteroatoms. The number of anilines is 1. The minimum atomic E-state index is -0.327. The van der Waals surface area contributed by atoms with Gasteiger partial charge in [0.05, 0.1) is 17.4 Å². The van der Waals surface area contributed by atoms with Gasteiger partial charge >= 0.3 is 0 Å². The quantitative estimate of drug-likeness (QED) is 0.860. The lowest BCUT2D eigenvalue weighted by molar-refractivity contribution is 0.00134. The van der Waals surface area contributed by atoms with Crippen molar-refractivity contribution < 1.29 is 0 Å². The highest BCUT2D eigenvalue weighted by Crippen LogP contribution is 2.41. The number of aromatic nitrogens is 2. The maximum atomic E-state index is 12.2. The summed E-state index contributed by atoms with van der Waals surface area (Å²) in [5.41, 5.74) is 1.79. The van der Waals surface area contributed by atoms with Crippen LogP contribution in [0.5, 0.6) is 0 Å². The predicted octanol–water partition coefficient (Wildman–Crippen LogP) is 1.33. The molecule has 4 rings (SSSR count). The zero-order valence-corrected chi connectivity index (χ0v) is 13.2. The van der Waals surface area contributed by atoms with E-state index in [4.69, 9.17) is 0 Å². The first-order chi connectivity index (χ1) is 11.1. The topological polar surface area (TPSA) is 76.0 Å². The van der Waals surface area contributed by atoms with E-state index in [9.17, 15) is 10.1 Å². The first-order valence-corrected chi connectivity index (χ1v) is 7.95. The Kier molecular flexibility index (Phi) is 3.13. The highest BCUT2D eigenvalue weighted by atomic mass is 16.1. The maximum absolute atomic E-state index is 12.2. The summed E-state index contributed by atoms with van der Waals surface area (Å²) in [5, 5.41) is 10.4. The molecule has 0 atom stereocenters. The Morgan fingerprint density at radius 1 is 1.35 bits per heavy atom. The molecular formula is C17H19N5O. The third-order valence-electron chi connectivity index (χ3n) is 5.25. The van der Waals surface area contributed by atoms with Crippen molar-refractivity contribution in [1.82, 2.24) is 14.9 Å². The number of likely N-dealkylation sites (tertiary alicyclic amines) is 1. The molecule has 0 aromatic carbocycles. The van der Waals surface area contributed by atoms with E-state index in [1.54, 1.807) is 12.4 Å². The highest BCUT2D eigenvalue weighted by Gasteiger charge is 2.43. The number of pyridine rings is 2. The van der Waals surface area contributed by atoms with Crippen LogP contribution in [0.25, 0.3) is 10.9 Å². The summed E-state index contributed by atoms with van der Waals surface area (Å²) in [6.07, 6.45) is 5.58. The van der Waals surface area contributed by atoms with E-state index in [0.29, 0.717) is 10.9 Å². The normalized spacial score (nSPS) is 20.4. The van der Waals surface area contributed by atoms with Gasteiger partial charge < -0.3 is 14.8 Å². The van der Waals surface area contributed by atoms with E-state index in [2.05, 4.69) is 32.9 Å². The summed E-state index contributed by atoms with van der Waals surface area (Å²) in [5.74, 6) is 0. The van der Waals surface area contributed by atoms with Crippen LogP contribution in [0.2, 0.25) is 0 Å².